The summed E-state index contributed by atoms with van der Waals surface area (Å²) in [5, 5.41) is 4.18. The van der Waals surface area contributed by atoms with Crippen LogP contribution in [-0.2, 0) is 18.3 Å². The maximum atomic E-state index is 13.9. The quantitative estimate of drug-likeness (QED) is 0.340. The highest BCUT2D eigenvalue weighted by Crippen LogP contribution is 2.22. The van der Waals surface area contributed by atoms with Crippen molar-refractivity contribution >= 4 is 41.5 Å². The second-order valence-electron chi connectivity index (χ2n) is 7.26. The average Bonchev–Trinajstić information content (AvgIpc) is 3.02. The SMILES string of the molecule is CN=C(NCC(c1cccc(F)c1)N1CCOCC1)N(C)Cc1cc(Cl)cn1C.I. The molecule has 2 heterocycles. The fourth-order valence-corrected chi connectivity index (χ4v) is 3.95. The second-order valence-corrected chi connectivity index (χ2v) is 7.70. The number of nitrogens with one attached hydrogen (secondary N) is 1. The van der Waals surface area contributed by atoms with Gasteiger partial charge in [-0.15, -0.1) is 24.0 Å². The van der Waals surface area contributed by atoms with Crippen molar-refractivity contribution in [3.8, 4) is 0 Å². The second kappa shape index (κ2) is 11.9. The van der Waals surface area contributed by atoms with Crippen LogP contribution in [0.15, 0.2) is 41.5 Å². The molecule has 1 fully saturated rings. The van der Waals surface area contributed by atoms with Crippen LogP contribution in [0.1, 0.15) is 17.3 Å². The number of nitrogens with zero attached hydrogens (tertiary/aromatic N) is 4. The summed E-state index contributed by atoms with van der Waals surface area (Å²) in [6.45, 7) is 4.31. The fraction of sp³-hybridized carbons (Fsp3) is 0.476. The van der Waals surface area contributed by atoms with E-state index in [-0.39, 0.29) is 35.8 Å². The molecule has 0 saturated carbocycles. The van der Waals surface area contributed by atoms with E-state index in [2.05, 4.69) is 15.2 Å². The summed E-state index contributed by atoms with van der Waals surface area (Å²) in [5.41, 5.74) is 2.04. The van der Waals surface area contributed by atoms with Crippen LogP contribution in [0.4, 0.5) is 4.39 Å². The van der Waals surface area contributed by atoms with E-state index in [4.69, 9.17) is 16.3 Å². The predicted molar refractivity (Wildman–Crippen MR) is 130 cm³/mol. The first-order valence-electron chi connectivity index (χ1n) is 9.77. The predicted octanol–water partition coefficient (Wildman–Crippen LogP) is 3.52. The normalized spacial score (nSPS) is 16.1. The Balaban J connectivity index is 0.00000320. The van der Waals surface area contributed by atoms with Crippen molar-refractivity contribution in [3.05, 3.63) is 58.6 Å². The molecule has 1 aromatic carbocycles. The molecule has 30 heavy (non-hydrogen) atoms. The molecule has 1 aliphatic heterocycles. The zero-order chi connectivity index (χ0) is 20.8. The van der Waals surface area contributed by atoms with Crippen LogP contribution in [-0.4, -0.2) is 67.3 Å². The Morgan fingerprint density at radius 1 is 1.33 bits per heavy atom. The molecule has 9 heteroatoms. The molecule has 1 aliphatic rings. The van der Waals surface area contributed by atoms with E-state index in [1.807, 2.05) is 41.9 Å². The number of morpholine rings is 1. The summed E-state index contributed by atoms with van der Waals surface area (Å²) in [4.78, 5) is 8.80. The van der Waals surface area contributed by atoms with Crippen molar-refractivity contribution in [1.82, 2.24) is 19.7 Å². The molecule has 1 saturated heterocycles. The molecule has 1 N–H and O–H groups in total. The molecule has 0 radical (unpaired) electrons. The van der Waals surface area contributed by atoms with Crippen LogP contribution in [0, 0.1) is 5.82 Å². The Kier molecular flexibility index (Phi) is 9.86. The van der Waals surface area contributed by atoms with Crippen LogP contribution >= 0.6 is 35.6 Å². The Morgan fingerprint density at radius 2 is 2.07 bits per heavy atom. The van der Waals surface area contributed by atoms with Crippen LogP contribution < -0.4 is 5.32 Å². The van der Waals surface area contributed by atoms with Crippen LogP contribution in [0.3, 0.4) is 0 Å². The first-order valence-corrected chi connectivity index (χ1v) is 10.2. The molecule has 0 aliphatic carbocycles. The molecule has 0 bridgehead atoms. The van der Waals surface area contributed by atoms with E-state index in [1.54, 1.807) is 19.2 Å². The lowest BCUT2D eigenvalue weighted by Gasteiger charge is -2.35. The summed E-state index contributed by atoms with van der Waals surface area (Å²) in [6, 6.07) is 8.81. The van der Waals surface area contributed by atoms with Gasteiger partial charge in [-0.1, -0.05) is 23.7 Å². The minimum absolute atomic E-state index is 0. The third-order valence-electron chi connectivity index (χ3n) is 5.22. The Morgan fingerprint density at radius 3 is 2.67 bits per heavy atom. The van der Waals surface area contributed by atoms with Crippen molar-refractivity contribution < 1.29 is 9.13 Å². The van der Waals surface area contributed by atoms with E-state index in [9.17, 15) is 4.39 Å². The number of hydrogen-bond acceptors (Lipinski definition) is 3. The zero-order valence-electron chi connectivity index (χ0n) is 17.6. The molecule has 166 valence electrons. The summed E-state index contributed by atoms with van der Waals surface area (Å²) in [7, 11) is 5.73. The van der Waals surface area contributed by atoms with Crippen LogP contribution in [0.5, 0.6) is 0 Å². The van der Waals surface area contributed by atoms with Gasteiger partial charge in [-0.2, -0.15) is 0 Å². The van der Waals surface area contributed by atoms with Crippen molar-refractivity contribution in [1.29, 1.82) is 0 Å². The lowest BCUT2D eigenvalue weighted by molar-refractivity contribution is 0.0168. The van der Waals surface area contributed by atoms with Crippen LogP contribution in [0.2, 0.25) is 5.02 Å². The van der Waals surface area contributed by atoms with Crippen LogP contribution in [0.25, 0.3) is 0 Å². The lowest BCUT2D eigenvalue weighted by atomic mass is 10.0. The number of benzene rings is 1. The van der Waals surface area contributed by atoms with Gasteiger partial charge < -0.3 is 19.5 Å². The minimum atomic E-state index is -0.220. The van der Waals surface area contributed by atoms with Gasteiger partial charge in [0.2, 0.25) is 0 Å². The number of halogens is 3. The average molecular weight is 550 g/mol. The van der Waals surface area contributed by atoms with Gasteiger partial charge in [-0.3, -0.25) is 9.89 Å². The number of aromatic nitrogens is 1. The molecule has 0 amide bonds. The third kappa shape index (κ3) is 6.57. The Bertz CT molecular complexity index is 841. The van der Waals surface area contributed by atoms with Gasteiger partial charge in [0.1, 0.15) is 5.82 Å². The summed E-state index contributed by atoms with van der Waals surface area (Å²) in [6.07, 6.45) is 1.89. The van der Waals surface area contributed by atoms with Gasteiger partial charge in [0, 0.05) is 52.7 Å². The number of aliphatic imine (C=N–C) groups is 1. The van der Waals surface area contributed by atoms with E-state index in [1.165, 1.54) is 6.07 Å². The Hall–Kier alpha value is -1.36. The molecule has 0 spiro atoms. The van der Waals surface area contributed by atoms with E-state index in [0.717, 1.165) is 35.3 Å². The zero-order valence-corrected chi connectivity index (χ0v) is 20.7. The number of aryl methyl sites for hydroxylation is 1. The molecule has 1 unspecified atom stereocenters. The van der Waals surface area contributed by atoms with Gasteiger partial charge in [-0.25, -0.2) is 4.39 Å². The highest BCUT2D eigenvalue weighted by atomic mass is 127. The highest BCUT2D eigenvalue weighted by molar-refractivity contribution is 14.0. The maximum Gasteiger partial charge on any atom is 0.193 e. The highest BCUT2D eigenvalue weighted by Gasteiger charge is 2.24. The molecule has 1 atom stereocenters. The molecular weight excluding hydrogens is 520 g/mol. The molecular formula is C21H30ClFIN5O. The van der Waals surface area contributed by atoms with Gasteiger partial charge in [-0.05, 0) is 23.8 Å². The number of ether oxygens (including phenoxy) is 1. The van der Waals surface area contributed by atoms with Crippen molar-refractivity contribution in [2.24, 2.45) is 12.0 Å². The van der Waals surface area contributed by atoms with Crippen molar-refractivity contribution in [2.75, 3.05) is 46.9 Å². The molecule has 1 aromatic heterocycles. The van der Waals surface area contributed by atoms with Gasteiger partial charge >= 0.3 is 0 Å². The molecule has 2 aromatic rings. The minimum Gasteiger partial charge on any atom is -0.379 e. The topological polar surface area (TPSA) is 45.0 Å². The number of hydrogen-bond donors (Lipinski definition) is 1. The Labute approximate surface area is 200 Å². The van der Waals surface area contributed by atoms with E-state index < -0.39 is 0 Å². The van der Waals surface area contributed by atoms with Crippen molar-refractivity contribution in [3.63, 3.8) is 0 Å². The van der Waals surface area contributed by atoms with Crippen molar-refractivity contribution in [2.45, 2.75) is 12.6 Å². The largest absolute Gasteiger partial charge is 0.379 e. The van der Waals surface area contributed by atoms with Gasteiger partial charge in [0.15, 0.2) is 5.96 Å². The van der Waals surface area contributed by atoms with E-state index >= 15 is 0 Å². The van der Waals surface area contributed by atoms with E-state index in [0.29, 0.717) is 26.3 Å². The standard InChI is InChI=1S/C21H29ClFN5O.HI/c1-24-21(27(3)15-19-12-17(22)14-26(19)2)25-13-20(28-7-9-29-10-8-28)16-5-4-6-18(23)11-16;/h4-6,11-12,14,20H,7-10,13,15H2,1-3H3,(H,24,25);1H. The first kappa shape index (κ1) is 24.9. The monoisotopic (exact) mass is 549 g/mol. The number of rotatable bonds is 6. The van der Waals surface area contributed by atoms with Gasteiger partial charge in [0.05, 0.1) is 30.8 Å². The summed E-state index contributed by atoms with van der Waals surface area (Å²) in [5.74, 6) is 0.555. The maximum absolute atomic E-state index is 13.9. The smallest absolute Gasteiger partial charge is 0.193 e. The summed E-state index contributed by atoms with van der Waals surface area (Å²) >= 11 is 6.10. The van der Waals surface area contributed by atoms with Gasteiger partial charge in [0.25, 0.3) is 0 Å². The fourth-order valence-electron chi connectivity index (χ4n) is 3.67. The number of guanidine groups is 1. The lowest BCUT2D eigenvalue weighted by Crippen LogP contribution is -2.46. The summed E-state index contributed by atoms with van der Waals surface area (Å²) < 4.78 is 21.4. The molecule has 3 rings (SSSR count). The third-order valence-corrected chi connectivity index (χ3v) is 5.43. The molecule has 6 nitrogen and oxygen atoms in total. The first-order chi connectivity index (χ1) is 14.0.